The third-order valence-electron chi connectivity index (χ3n) is 4.22. The Morgan fingerprint density at radius 2 is 1.90 bits per heavy atom. The van der Waals surface area contributed by atoms with Crippen LogP contribution in [0, 0.1) is 25.2 Å². The van der Waals surface area contributed by atoms with E-state index < -0.39 is 11.9 Å². The first-order valence-corrected chi connectivity index (χ1v) is 8.88. The maximum Gasteiger partial charge on any atom is 0.343 e. The van der Waals surface area contributed by atoms with Gasteiger partial charge in [0.15, 0.2) is 11.5 Å². The van der Waals surface area contributed by atoms with E-state index in [1.54, 1.807) is 30.3 Å². The smallest absolute Gasteiger partial charge is 0.343 e. The van der Waals surface area contributed by atoms with Crippen LogP contribution in [-0.4, -0.2) is 25.5 Å². The summed E-state index contributed by atoms with van der Waals surface area (Å²) in [4.78, 5) is 24.4. The molecule has 6 heteroatoms. The van der Waals surface area contributed by atoms with Crippen molar-refractivity contribution < 1.29 is 19.1 Å². The Bertz CT molecular complexity index is 1020. The minimum atomic E-state index is -0.504. The zero-order valence-electron chi connectivity index (χ0n) is 16.6. The average Bonchev–Trinajstić information content (AvgIpc) is 2.72. The highest BCUT2D eigenvalue weighted by molar-refractivity contribution is 6.01. The molecule has 0 bridgehead atoms. The molecule has 0 atom stereocenters. The first kappa shape index (κ1) is 21.5. The highest BCUT2D eigenvalue weighted by atomic mass is 16.6. The maximum atomic E-state index is 12.5. The van der Waals surface area contributed by atoms with Gasteiger partial charge in [0.1, 0.15) is 11.6 Å². The largest absolute Gasteiger partial charge is 0.493 e. The number of esters is 1. The van der Waals surface area contributed by atoms with Crippen molar-refractivity contribution in [2.45, 2.75) is 13.8 Å². The van der Waals surface area contributed by atoms with Crippen LogP contribution in [0.1, 0.15) is 27.0 Å². The van der Waals surface area contributed by atoms with E-state index in [0.29, 0.717) is 16.9 Å². The molecule has 0 aliphatic carbocycles. The highest BCUT2D eigenvalue weighted by Gasteiger charge is 2.14. The zero-order valence-corrected chi connectivity index (χ0v) is 16.6. The lowest BCUT2D eigenvalue weighted by Gasteiger charge is -2.11. The van der Waals surface area contributed by atoms with Gasteiger partial charge in [-0.2, -0.15) is 5.26 Å². The predicted octanol–water partition coefficient (Wildman–Crippen LogP) is 3.74. The quantitative estimate of drug-likeness (QED) is 0.256. The van der Waals surface area contributed by atoms with E-state index in [-0.39, 0.29) is 17.9 Å². The number of aryl methyl sites for hydroxylation is 2. The number of nitriles is 1. The summed E-state index contributed by atoms with van der Waals surface area (Å²) in [5.74, 6) is -0.463. The molecule has 0 aliphatic heterocycles. The monoisotopic (exact) mass is 390 g/mol. The Morgan fingerprint density at radius 3 is 2.52 bits per heavy atom. The maximum absolute atomic E-state index is 12.5. The molecule has 2 aromatic carbocycles. The van der Waals surface area contributed by atoms with Crippen LogP contribution in [0.15, 0.2) is 54.6 Å². The second-order valence-electron chi connectivity index (χ2n) is 6.27. The molecule has 0 unspecified atom stereocenters. The second-order valence-corrected chi connectivity index (χ2v) is 6.27. The minimum absolute atomic E-state index is 0.0613. The number of carbonyl (C=O) groups is 2. The Balaban J connectivity index is 2.25. The lowest BCUT2D eigenvalue weighted by molar-refractivity contribution is -0.116. The molecule has 0 heterocycles. The summed E-state index contributed by atoms with van der Waals surface area (Å²) in [5.41, 5.74) is 3.00. The summed E-state index contributed by atoms with van der Waals surface area (Å²) in [6, 6.07) is 12.0. The lowest BCUT2D eigenvalue weighted by atomic mass is 10.1. The van der Waals surface area contributed by atoms with E-state index in [4.69, 9.17) is 9.47 Å². The van der Waals surface area contributed by atoms with E-state index in [0.717, 1.165) is 11.1 Å². The van der Waals surface area contributed by atoms with Gasteiger partial charge in [-0.3, -0.25) is 4.79 Å². The number of carbonyl (C=O) groups excluding carboxylic acids is 2. The van der Waals surface area contributed by atoms with Crippen molar-refractivity contribution in [1.82, 2.24) is 5.32 Å². The molecule has 0 fully saturated rings. The lowest BCUT2D eigenvalue weighted by Crippen LogP contribution is -2.24. The van der Waals surface area contributed by atoms with Crippen LogP contribution in [0.3, 0.4) is 0 Å². The summed E-state index contributed by atoms with van der Waals surface area (Å²) >= 11 is 0. The number of methoxy groups -OCH3 is 1. The summed E-state index contributed by atoms with van der Waals surface area (Å²) in [5, 5.41) is 11.8. The van der Waals surface area contributed by atoms with Gasteiger partial charge in [-0.05, 0) is 60.9 Å². The van der Waals surface area contributed by atoms with E-state index in [2.05, 4.69) is 11.9 Å². The predicted molar refractivity (Wildman–Crippen MR) is 111 cm³/mol. The fraction of sp³-hybridized carbons (Fsp3) is 0.174. The van der Waals surface area contributed by atoms with Gasteiger partial charge < -0.3 is 14.8 Å². The van der Waals surface area contributed by atoms with Crippen molar-refractivity contribution in [2.24, 2.45) is 0 Å². The molecule has 0 saturated heterocycles. The highest BCUT2D eigenvalue weighted by Crippen LogP contribution is 2.30. The van der Waals surface area contributed by atoms with Crippen molar-refractivity contribution in [2.75, 3.05) is 13.7 Å². The van der Waals surface area contributed by atoms with E-state index in [1.165, 1.54) is 19.3 Å². The first-order chi connectivity index (χ1) is 13.9. The number of benzene rings is 2. The van der Waals surface area contributed by atoms with Gasteiger partial charge in [-0.25, -0.2) is 4.79 Å². The topological polar surface area (TPSA) is 88.4 Å². The minimum Gasteiger partial charge on any atom is -0.493 e. The second kappa shape index (κ2) is 9.90. The summed E-state index contributed by atoms with van der Waals surface area (Å²) < 4.78 is 10.8. The fourth-order valence-electron chi connectivity index (χ4n) is 2.46. The van der Waals surface area contributed by atoms with Crippen molar-refractivity contribution >= 4 is 18.0 Å². The van der Waals surface area contributed by atoms with Gasteiger partial charge in [0.05, 0.1) is 12.7 Å². The Labute approximate surface area is 170 Å². The summed E-state index contributed by atoms with van der Waals surface area (Å²) in [6.45, 7) is 7.66. The van der Waals surface area contributed by atoms with Crippen LogP contribution in [0.5, 0.6) is 11.5 Å². The third-order valence-corrected chi connectivity index (χ3v) is 4.22. The van der Waals surface area contributed by atoms with Gasteiger partial charge >= 0.3 is 5.97 Å². The van der Waals surface area contributed by atoms with Crippen LogP contribution in [-0.2, 0) is 4.79 Å². The van der Waals surface area contributed by atoms with Crippen LogP contribution in [0.2, 0.25) is 0 Å². The Kier molecular flexibility index (Phi) is 7.33. The van der Waals surface area contributed by atoms with Gasteiger partial charge in [0, 0.05) is 6.54 Å². The molecule has 148 valence electrons. The third kappa shape index (κ3) is 5.56. The fourth-order valence-corrected chi connectivity index (χ4v) is 2.46. The number of rotatable bonds is 7. The van der Waals surface area contributed by atoms with Crippen molar-refractivity contribution in [3.63, 3.8) is 0 Å². The van der Waals surface area contributed by atoms with E-state index in [1.807, 2.05) is 26.0 Å². The number of amides is 1. The SMILES string of the molecule is C=CCNC(=O)/C(C#N)=C\c1ccc(OC(=O)c2ccc(C)c(C)c2)c(OC)c1. The molecule has 0 saturated carbocycles. The van der Waals surface area contributed by atoms with Gasteiger partial charge in [-0.1, -0.05) is 18.2 Å². The molecule has 0 spiro atoms. The number of hydrogen-bond acceptors (Lipinski definition) is 5. The van der Waals surface area contributed by atoms with E-state index in [9.17, 15) is 14.9 Å². The van der Waals surface area contributed by atoms with E-state index >= 15 is 0 Å². The average molecular weight is 390 g/mol. The van der Waals surface area contributed by atoms with Crippen LogP contribution in [0.4, 0.5) is 0 Å². The first-order valence-electron chi connectivity index (χ1n) is 8.88. The normalized spacial score (nSPS) is 10.6. The van der Waals surface area contributed by atoms with Gasteiger partial charge in [-0.15, -0.1) is 6.58 Å². The van der Waals surface area contributed by atoms with Crippen molar-refractivity contribution in [3.8, 4) is 17.6 Å². The molecule has 0 aromatic heterocycles. The molecule has 2 rings (SSSR count). The van der Waals surface area contributed by atoms with Crippen molar-refractivity contribution in [3.05, 3.63) is 76.9 Å². The molecule has 0 aliphatic rings. The number of nitrogens with one attached hydrogen (secondary N) is 1. The molecular formula is C23H22N2O4. The summed E-state index contributed by atoms with van der Waals surface area (Å²) in [7, 11) is 1.44. The molecule has 2 aromatic rings. The number of hydrogen-bond donors (Lipinski definition) is 1. The summed E-state index contributed by atoms with van der Waals surface area (Å²) in [6.07, 6.45) is 2.95. The molecule has 6 nitrogen and oxygen atoms in total. The molecule has 1 N–H and O–H groups in total. The number of ether oxygens (including phenoxy) is 2. The Hall–Kier alpha value is -3.85. The van der Waals surface area contributed by atoms with Crippen LogP contribution < -0.4 is 14.8 Å². The van der Waals surface area contributed by atoms with Crippen LogP contribution >= 0.6 is 0 Å². The standard InChI is InChI=1S/C23H22N2O4/c1-5-10-25-22(26)19(14-24)12-17-7-9-20(21(13-17)28-4)29-23(27)18-8-6-15(2)16(3)11-18/h5-9,11-13H,1,10H2,2-4H3,(H,25,26)/b19-12-. The molecule has 29 heavy (non-hydrogen) atoms. The Morgan fingerprint density at radius 1 is 1.14 bits per heavy atom. The van der Waals surface area contributed by atoms with Crippen LogP contribution in [0.25, 0.3) is 6.08 Å². The number of nitrogens with zero attached hydrogens (tertiary/aromatic N) is 1. The molecule has 0 radical (unpaired) electrons. The van der Waals surface area contributed by atoms with Gasteiger partial charge in [0.2, 0.25) is 0 Å². The van der Waals surface area contributed by atoms with Gasteiger partial charge in [0.25, 0.3) is 5.91 Å². The molecular weight excluding hydrogens is 368 g/mol. The molecule has 1 amide bonds. The van der Waals surface area contributed by atoms with Crippen molar-refractivity contribution in [1.29, 1.82) is 5.26 Å². The zero-order chi connectivity index (χ0) is 21.4.